The molecule has 1 aromatic rings. The van der Waals surface area contributed by atoms with E-state index in [1.807, 2.05) is 0 Å². The summed E-state index contributed by atoms with van der Waals surface area (Å²) in [7, 11) is -3.00. The number of carbonyl (C=O) groups is 1. The molecular formula is C15H17NO4S. The molecule has 1 saturated heterocycles. The average molecular weight is 307 g/mol. The van der Waals surface area contributed by atoms with Gasteiger partial charge in [-0.15, -0.1) is 0 Å². The van der Waals surface area contributed by atoms with E-state index in [0.29, 0.717) is 18.4 Å². The monoisotopic (exact) mass is 307 g/mol. The molecule has 2 N–H and O–H groups in total. The summed E-state index contributed by atoms with van der Waals surface area (Å²) in [5.41, 5.74) is 1.25. The standard InChI is InChI=1S/C15H17NO4S/c17-9-2-1-3-12-4-6-13(7-5-12)15(18)16-14-8-10-21(19,20)11-14/h4-7,14,17H,2,8-11H2,(H,16,18). The van der Waals surface area contributed by atoms with Gasteiger partial charge in [0.2, 0.25) is 0 Å². The van der Waals surface area contributed by atoms with Crippen LogP contribution in [0.3, 0.4) is 0 Å². The van der Waals surface area contributed by atoms with Crippen LogP contribution in [0.25, 0.3) is 0 Å². The van der Waals surface area contributed by atoms with E-state index in [2.05, 4.69) is 17.2 Å². The largest absolute Gasteiger partial charge is 0.395 e. The van der Waals surface area contributed by atoms with Gasteiger partial charge in [0.1, 0.15) is 0 Å². The topological polar surface area (TPSA) is 83.5 Å². The van der Waals surface area contributed by atoms with Crippen molar-refractivity contribution in [3.8, 4) is 11.8 Å². The molecule has 5 nitrogen and oxygen atoms in total. The number of sulfone groups is 1. The van der Waals surface area contributed by atoms with Crippen LogP contribution in [0.1, 0.15) is 28.8 Å². The molecule has 1 aromatic carbocycles. The Balaban J connectivity index is 1.96. The first-order chi connectivity index (χ1) is 10.00. The van der Waals surface area contributed by atoms with Crippen LogP contribution in [0.15, 0.2) is 24.3 Å². The van der Waals surface area contributed by atoms with Crippen molar-refractivity contribution in [1.29, 1.82) is 0 Å². The Bertz CT molecular complexity index is 668. The second-order valence-electron chi connectivity index (χ2n) is 4.93. The number of aliphatic hydroxyl groups excluding tert-OH is 1. The summed E-state index contributed by atoms with van der Waals surface area (Å²) in [5, 5.41) is 11.4. The number of amides is 1. The van der Waals surface area contributed by atoms with Gasteiger partial charge in [-0.25, -0.2) is 8.42 Å². The highest BCUT2D eigenvalue weighted by Gasteiger charge is 2.29. The quantitative estimate of drug-likeness (QED) is 0.789. The van der Waals surface area contributed by atoms with Gasteiger partial charge < -0.3 is 10.4 Å². The van der Waals surface area contributed by atoms with Crippen LogP contribution in [0, 0.1) is 11.8 Å². The zero-order chi connectivity index (χ0) is 15.3. The summed E-state index contributed by atoms with van der Waals surface area (Å²) in [4.78, 5) is 12.0. The molecule has 1 atom stereocenters. The minimum absolute atomic E-state index is 0.0173. The maximum atomic E-state index is 12.0. The zero-order valence-corrected chi connectivity index (χ0v) is 12.3. The van der Waals surface area contributed by atoms with Crippen molar-refractivity contribution in [2.45, 2.75) is 18.9 Å². The highest BCUT2D eigenvalue weighted by atomic mass is 32.2. The predicted molar refractivity (Wildman–Crippen MR) is 79.5 cm³/mol. The van der Waals surface area contributed by atoms with Crippen molar-refractivity contribution in [2.75, 3.05) is 18.1 Å². The molecule has 0 saturated carbocycles. The van der Waals surface area contributed by atoms with Crippen LogP contribution in [0.5, 0.6) is 0 Å². The number of benzene rings is 1. The molecule has 1 aliphatic heterocycles. The summed E-state index contributed by atoms with van der Waals surface area (Å²) >= 11 is 0. The third kappa shape index (κ3) is 4.59. The van der Waals surface area contributed by atoms with E-state index in [1.165, 1.54) is 0 Å². The Morgan fingerprint density at radius 2 is 2.05 bits per heavy atom. The maximum Gasteiger partial charge on any atom is 0.251 e. The number of aliphatic hydroxyl groups is 1. The lowest BCUT2D eigenvalue weighted by molar-refractivity contribution is 0.0941. The first kappa shape index (κ1) is 15.5. The van der Waals surface area contributed by atoms with Gasteiger partial charge in [0.25, 0.3) is 5.91 Å². The smallest absolute Gasteiger partial charge is 0.251 e. The Morgan fingerprint density at radius 3 is 2.62 bits per heavy atom. The number of hydrogen-bond acceptors (Lipinski definition) is 4. The van der Waals surface area contributed by atoms with Gasteiger partial charge in [-0.2, -0.15) is 0 Å². The summed E-state index contributed by atoms with van der Waals surface area (Å²) in [5.74, 6) is 5.56. The molecular weight excluding hydrogens is 290 g/mol. The van der Waals surface area contributed by atoms with Crippen molar-refractivity contribution in [2.24, 2.45) is 0 Å². The van der Waals surface area contributed by atoms with Gasteiger partial charge in [-0.3, -0.25) is 4.79 Å². The first-order valence-electron chi connectivity index (χ1n) is 6.71. The lowest BCUT2D eigenvalue weighted by atomic mass is 10.1. The molecule has 1 heterocycles. The fraction of sp³-hybridized carbons (Fsp3) is 0.400. The van der Waals surface area contributed by atoms with Crippen LogP contribution in [0.4, 0.5) is 0 Å². The molecule has 1 aliphatic rings. The number of carbonyl (C=O) groups excluding carboxylic acids is 1. The molecule has 0 radical (unpaired) electrons. The summed E-state index contributed by atoms with van der Waals surface area (Å²) in [6.07, 6.45) is 0.886. The zero-order valence-electron chi connectivity index (χ0n) is 11.5. The Labute approximate surface area is 124 Å². The van der Waals surface area contributed by atoms with E-state index in [0.717, 1.165) is 5.56 Å². The van der Waals surface area contributed by atoms with Crippen LogP contribution in [-0.2, 0) is 9.84 Å². The molecule has 112 valence electrons. The lowest BCUT2D eigenvalue weighted by Crippen LogP contribution is -2.35. The fourth-order valence-corrected chi connectivity index (χ4v) is 3.78. The second kappa shape index (κ2) is 6.74. The normalized spacial score (nSPS) is 19.6. The van der Waals surface area contributed by atoms with Crippen LogP contribution >= 0.6 is 0 Å². The van der Waals surface area contributed by atoms with Gasteiger partial charge >= 0.3 is 0 Å². The van der Waals surface area contributed by atoms with Gasteiger partial charge in [-0.1, -0.05) is 11.8 Å². The second-order valence-corrected chi connectivity index (χ2v) is 7.15. The number of hydrogen-bond donors (Lipinski definition) is 2. The summed E-state index contributed by atoms with van der Waals surface area (Å²) < 4.78 is 22.7. The van der Waals surface area contributed by atoms with E-state index in [9.17, 15) is 13.2 Å². The van der Waals surface area contributed by atoms with E-state index in [-0.39, 0.29) is 30.1 Å². The third-order valence-corrected chi connectivity index (χ3v) is 4.95. The van der Waals surface area contributed by atoms with Crippen molar-refractivity contribution in [3.63, 3.8) is 0 Å². The Kier molecular flexibility index (Phi) is 4.99. The fourth-order valence-electron chi connectivity index (χ4n) is 2.10. The molecule has 2 rings (SSSR count). The van der Waals surface area contributed by atoms with Crippen LogP contribution in [0.2, 0.25) is 0 Å². The van der Waals surface area contributed by atoms with E-state index >= 15 is 0 Å². The Hall–Kier alpha value is -1.84. The minimum Gasteiger partial charge on any atom is -0.395 e. The van der Waals surface area contributed by atoms with Crippen molar-refractivity contribution in [3.05, 3.63) is 35.4 Å². The third-order valence-electron chi connectivity index (χ3n) is 3.18. The maximum absolute atomic E-state index is 12.0. The van der Waals surface area contributed by atoms with E-state index in [1.54, 1.807) is 24.3 Å². The summed E-state index contributed by atoms with van der Waals surface area (Å²) in [6.45, 7) is 0.0256. The van der Waals surface area contributed by atoms with Gasteiger partial charge in [-0.05, 0) is 30.7 Å². The van der Waals surface area contributed by atoms with Crippen molar-refractivity contribution >= 4 is 15.7 Å². The highest BCUT2D eigenvalue weighted by molar-refractivity contribution is 7.91. The molecule has 0 aliphatic carbocycles. The molecule has 1 fully saturated rings. The van der Waals surface area contributed by atoms with Gasteiger partial charge in [0.05, 0.1) is 18.1 Å². The molecule has 0 aromatic heterocycles. The lowest BCUT2D eigenvalue weighted by Gasteiger charge is -2.10. The first-order valence-corrected chi connectivity index (χ1v) is 8.53. The summed E-state index contributed by atoms with van der Waals surface area (Å²) in [6, 6.07) is 6.46. The molecule has 21 heavy (non-hydrogen) atoms. The minimum atomic E-state index is -3.00. The SMILES string of the molecule is O=C(NC1CCS(=O)(=O)C1)c1ccc(C#CCCO)cc1. The van der Waals surface area contributed by atoms with Crippen LogP contribution < -0.4 is 5.32 Å². The average Bonchev–Trinajstić information content (AvgIpc) is 2.79. The Morgan fingerprint density at radius 1 is 1.33 bits per heavy atom. The van der Waals surface area contributed by atoms with Crippen molar-refractivity contribution in [1.82, 2.24) is 5.32 Å². The highest BCUT2D eigenvalue weighted by Crippen LogP contribution is 2.12. The molecule has 0 bridgehead atoms. The van der Waals surface area contributed by atoms with E-state index in [4.69, 9.17) is 5.11 Å². The predicted octanol–water partition coefficient (Wildman–Crippen LogP) is 0.337. The van der Waals surface area contributed by atoms with E-state index < -0.39 is 9.84 Å². The van der Waals surface area contributed by atoms with Gasteiger partial charge in [0, 0.05) is 23.6 Å². The number of rotatable bonds is 3. The van der Waals surface area contributed by atoms with Crippen LogP contribution in [-0.4, -0.2) is 43.6 Å². The van der Waals surface area contributed by atoms with Crippen molar-refractivity contribution < 1.29 is 18.3 Å². The van der Waals surface area contributed by atoms with Gasteiger partial charge in [0.15, 0.2) is 9.84 Å². The number of nitrogens with one attached hydrogen (secondary N) is 1. The molecule has 1 amide bonds. The molecule has 1 unspecified atom stereocenters. The molecule has 0 spiro atoms. The molecule has 6 heteroatoms.